The van der Waals surface area contributed by atoms with Crippen molar-refractivity contribution in [3.63, 3.8) is 0 Å². The number of anilines is 3. The van der Waals surface area contributed by atoms with Crippen LogP contribution in [0.1, 0.15) is 56.6 Å². The summed E-state index contributed by atoms with van der Waals surface area (Å²) in [5, 5.41) is 18.5. The summed E-state index contributed by atoms with van der Waals surface area (Å²) in [6.07, 6.45) is 5.30. The highest BCUT2D eigenvalue weighted by Crippen LogP contribution is 2.32. The number of nitrogens with zero attached hydrogens (tertiary/aromatic N) is 4. The van der Waals surface area contributed by atoms with Crippen molar-refractivity contribution < 1.29 is 24.2 Å². The predicted octanol–water partition coefficient (Wildman–Crippen LogP) is 5.43. The van der Waals surface area contributed by atoms with Crippen molar-refractivity contribution in [2.24, 2.45) is 5.92 Å². The van der Waals surface area contributed by atoms with Crippen LogP contribution in [0.2, 0.25) is 0 Å². The van der Waals surface area contributed by atoms with E-state index in [2.05, 4.69) is 55.8 Å². The molecule has 1 fully saturated rings. The highest BCUT2D eigenvalue weighted by Gasteiger charge is 2.29. The number of pyridine rings is 2. The molecule has 5 rings (SSSR count). The molecule has 1 aromatic carbocycles. The number of carboxylic acid groups (broad SMARTS) is 1. The Morgan fingerprint density at radius 2 is 1.87 bits per heavy atom. The number of amides is 3. The molecule has 0 radical (unpaired) electrons. The molecule has 238 valence electrons. The number of nitrogens with one attached hydrogen (secondary N) is 3. The van der Waals surface area contributed by atoms with Gasteiger partial charge in [-0.2, -0.15) is 0 Å². The lowest BCUT2D eigenvalue weighted by Gasteiger charge is -2.39. The Kier molecular flexibility index (Phi) is 9.24. The number of fused-ring (bicyclic) bond motifs is 1. The van der Waals surface area contributed by atoms with Gasteiger partial charge >= 0.3 is 12.2 Å². The maximum atomic E-state index is 13.8. The summed E-state index contributed by atoms with van der Waals surface area (Å²) in [5.74, 6) is -0.329. The highest BCUT2D eigenvalue weighted by molar-refractivity contribution is 6.11. The summed E-state index contributed by atoms with van der Waals surface area (Å²) in [4.78, 5) is 51.2. The van der Waals surface area contributed by atoms with Gasteiger partial charge in [-0.1, -0.05) is 25.1 Å². The molecular formula is C33H41N7O5. The van der Waals surface area contributed by atoms with E-state index in [0.29, 0.717) is 29.7 Å². The number of carbonyl (C=O) groups excluding carboxylic acids is 2. The van der Waals surface area contributed by atoms with Gasteiger partial charge in [0.1, 0.15) is 5.60 Å². The average molecular weight is 616 g/mol. The van der Waals surface area contributed by atoms with Crippen LogP contribution in [0.3, 0.4) is 0 Å². The minimum Gasteiger partial charge on any atom is -0.465 e. The van der Waals surface area contributed by atoms with E-state index in [9.17, 15) is 19.5 Å². The molecule has 2 atom stereocenters. The van der Waals surface area contributed by atoms with Crippen molar-refractivity contribution in [1.82, 2.24) is 20.2 Å². The fraction of sp³-hybridized carbons (Fsp3) is 0.424. The number of aromatic nitrogens is 2. The van der Waals surface area contributed by atoms with Gasteiger partial charge in [0.05, 0.1) is 28.8 Å². The van der Waals surface area contributed by atoms with E-state index in [1.807, 2.05) is 45.0 Å². The third-order valence-corrected chi connectivity index (χ3v) is 7.82. The van der Waals surface area contributed by atoms with Crippen LogP contribution < -0.4 is 20.9 Å². The summed E-state index contributed by atoms with van der Waals surface area (Å²) in [7, 11) is 2.08. The number of carbonyl (C=O) groups is 3. The van der Waals surface area contributed by atoms with E-state index >= 15 is 0 Å². The number of ether oxygens (including phenoxy) is 1. The predicted molar refractivity (Wildman–Crippen MR) is 175 cm³/mol. The van der Waals surface area contributed by atoms with Gasteiger partial charge in [0.25, 0.3) is 5.91 Å². The molecule has 2 aliphatic heterocycles. The van der Waals surface area contributed by atoms with E-state index in [0.717, 1.165) is 37.2 Å². The second-order valence-electron chi connectivity index (χ2n) is 12.9. The first-order chi connectivity index (χ1) is 21.3. The quantitative estimate of drug-likeness (QED) is 0.285. The fourth-order valence-corrected chi connectivity index (χ4v) is 5.85. The summed E-state index contributed by atoms with van der Waals surface area (Å²) < 4.78 is 5.46. The normalized spacial score (nSPS) is 19.0. The van der Waals surface area contributed by atoms with Crippen molar-refractivity contribution in [3.8, 4) is 0 Å². The van der Waals surface area contributed by atoms with Gasteiger partial charge in [-0.05, 0) is 75.9 Å². The lowest BCUT2D eigenvalue weighted by molar-refractivity contribution is 0.0495. The summed E-state index contributed by atoms with van der Waals surface area (Å²) in [5.41, 5.74) is 3.42. The molecule has 0 spiro atoms. The molecule has 1 saturated heterocycles. The van der Waals surface area contributed by atoms with Crippen LogP contribution >= 0.6 is 0 Å². The van der Waals surface area contributed by atoms with Crippen molar-refractivity contribution in [1.29, 1.82) is 0 Å². The molecule has 2 aliphatic rings. The molecule has 4 heterocycles. The molecule has 45 heavy (non-hydrogen) atoms. The van der Waals surface area contributed by atoms with Gasteiger partial charge in [-0.3, -0.25) is 15.1 Å². The largest absolute Gasteiger partial charge is 0.465 e. The summed E-state index contributed by atoms with van der Waals surface area (Å²) in [6.45, 7) is 10.6. The molecule has 3 amide bonds. The van der Waals surface area contributed by atoms with Crippen LogP contribution in [0.4, 0.5) is 26.7 Å². The van der Waals surface area contributed by atoms with Gasteiger partial charge in [0.15, 0.2) is 5.69 Å². The van der Waals surface area contributed by atoms with E-state index in [1.54, 1.807) is 18.5 Å². The smallest absolute Gasteiger partial charge is 0.409 e. The third-order valence-electron chi connectivity index (χ3n) is 7.82. The highest BCUT2D eigenvalue weighted by atomic mass is 16.6. The summed E-state index contributed by atoms with van der Waals surface area (Å²) in [6, 6.07) is 9.10. The Morgan fingerprint density at radius 3 is 2.58 bits per heavy atom. The number of hydrogen-bond donors (Lipinski definition) is 4. The first-order valence-electron chi connectivity index (χ1n) is 15.2. The number of alkyl carbamates (subject to hydrolysis) is 1. The Balaban J connectivity index is 1.41. The molecule has 4 N–H and O–H groups in total. The van der Waals surface area contributed by atoms with Crippen molar-refractivity contribution >= 4 is 51.6 Å². The minimum absolute atomic E-state index is 0.0503. The molecule has 3 aromatic rings. The zero-order valence-electron chi connectivity index (χ0n) is 26.4. The Hall–Kier alpha value is -4.71. The van der Waals surface area contributed by atoms with Crippen LogP contribution in [0, 0.1) is 5.92 Å². The Morgan fingerprint density at radius 1 is 1.07 bits per heavy atom. The van der Waals surface area contributed by atoms with Crippen LogP contribution in [-0.4, -0.2) is 82.9 Å². The minimum atomic E-state index is -1.30. The van der Waals surface area contributed by atoms with Gasteiger partial charge in [-0.15, -0.1) is 0 Å². The molecule has 0 saturated carbocycles. The number of hydrogen-bond acceptors (Lipinski definition) is 8. The lowest BCUT2D eigenvalue weighted by atomic mass is 9.95. The van der Waals surface area contributed by atoms with Gasteiger partial charge in [-0.25, -0.2) is 14.6 Å². The molecule has 12 nitrogen and oxygen atoms in total. The zero-order chi connectivity index (χ0) is 32.3. The first-order valence-corrected chi connectivity index (χ1v) is 15.2. The van der Waals surface area contributed by atoms with Gasteiger partial charge in [0, 0.05) is 43.8 Å². The maximum Gasteiger partial charge on any atom is 0.409 e. The van der Waals surface area contributed by atoms with E-state index in [-0.39, 0.29) is 23.3 Å². The molecule has 0 aliphatic carbocycles. The number of benzene rings is 1. The van der Waals surface area contributed by atoms with Gasteiger partial charge in [0.2, 0.25) is 0 Å². The van der Waals surface area contributed by atoms with E-state index < -0.39 is 23.7 Å². The average Bonchev–Trinajstić information content (AvgIpc) is 2.95. The Labute approximate surface area is 262 Å². The molecule has 0 unspecified atom stereocenters. The second-order valence-corrected chi connectivity index (χ2v) is 12.9. The molecule has 0 bridgehead atoms. The standard InChI is InChI=1S/C33H41N7O5/c1-20-14-24(35-32(44)45-33(2,3)4)19-40(18-20)28-8-11-34-17-27(28)37-30(41)29-26(38-31(42)43)16-23-7-6-22(15-25(23)36-29)21-9-12-39(5)13-10-21/h6-9,11,15-17,20,24,38H,10,12-14,18-19H2,1-5H3,(H,35,44)(H,37,41)(H,42,43)/t20-,24+/m1/s1. The second kappa shape index (κ2) is 13.1. The number of piperidine rings is 1. The SMILES string of the molecule is C[C@@H]1C[C@H](NC(=O)OC(C)(C)C)CN(c2ccncc2NC(=O)c2nc3cc(C4=CCN(C)CC4)ccc3cc2NC(=O)O)C1. The first kappa shape index (κ1) is 31.7. The van der Waals surface area contributed by atoms with Gasteiger partial charge < -0.3 is 30.3 Å². The molecular weight excluding hydrogens is 574 g/mol. The van der Waals surface area contributed by atoms with Crippen molar-refractivity contribution in [3.05, 3.63) is 60.1 Å². The molecule has 12 heteroatoms. The van der Waals surface area contributed by atoms with Crippen molar-refractivity contribution in [2.75, 3.05) is 48.8 Å². The van der Waals surface area contributed by atoms with Crippen LogP contribution in [0.25, 0.3) is 16.5 Å². The maximum absolute atomic E-state index is 13.8. The van der Waals surface area contributed by atoms with Crippen LogP contribution in [0.15, 0.2) is 48.8 Å². The van der Waals surface area contributed by atoms with E-state index in [1.165, 1.54) is 5.57 Å². The van der Waals surface area contributed by atoms with E-state index in [4.69, 9.17) is 4.74 Å². The number of rotatable bonds is 6. The fourth-order valence-electron chi connectivity index (χ4n) is 5.85. The lowest BCUT2D eigenvalue weighted by Crippen LogP contribution is -2.51. The third kappa shape index (κ3) is 8.07. The Bertz CT molecular complexity index is 1630. The number of likely N-dealkylation sites (N-methyl/N-ethyl adjacent to an activating group) is 1. The molecule has 2 aromatic heterocycles. The van der Waals surface area contributed by atoms with Crippen LogP contribution in [0.5, 0.6) is 0 Å². The summed E-state index contributed by atoms with van der Waals surface area (Å²) >= 11 is 0. The van der Waals surface area contributed by atoms with Crippen molar-refractivity contribution in [2.45, 2.75) is 52.2 Å². The zero-order valence-corrected chi connectivity index (χ0v) is 26.4. The van der Waals surface area contributed by atoms with Crippen LogP contribution in [-0.2, 0) is 4.74 Å². The topological polar surface area (TPSA) is 149 Å². The monoisotopic (exact) mass is 615 g/mol.